The minimum atomic E-state index is -0.331. The SMILES string of the molecule is Cc1c(C(NC(=O)c2cnn3c2[nH]c(=O)c2ccccc23)C(C)C)oc2ccccc12. The summed E-state index contributed by atoms with van der Waals surface area (Å²) in [5.74, 6) is 0.504. The molecule has 0 bridgehead atoms. The number of H-pyrrole nitrogens is 1. The molecule has 0 saturated carbocycles. The molecule has 0 spiro atoms. The van der Waals surface area contributed by atoms with Gasteiger partial charge in [-0.3, -0.25) is 9.59 Å². The highest BCUT2D eigenvalue weighted by atomic mass is 16.3. The van der Waals surface area contributed by atoms with Gasteiger partial charge in [0.15, 0.2) is 0 Å². The maximum atomic E-state index is 13.3. The highest BCUT2D eigenvalue weighted by Crippen LogP contribution is 2.33. The molecule has 0 radical (unpaired) electrons. The standard InChI is InChI=1S/C24H22N4O3/c1-13(2)20(21-14(3)15-8-5-7-11-19(15)31-21)26-24(30)17-12-25-28-18-10-6-4-9-16(18)23(29)27-22(17)28/h4-13,20H,1-3H3,(H,26,30)(H,27,29). The average Bonchev–Trinajstić information content (AvgIpc) is 3.33. The summed E-state index contributed by atoms with van der Waals surface area (Å²) in [6.07, 6.45) is 1.48. The van der Waals surface area contributed by atoms with E-state index >= 15 is 0 Å². The second-order valence-electron chi connectivity index (χ2n) is 8.07. The van der Waals surface area contributed by atoms with Gasteiger partial charge in [0.05, 0.1) is 23.1 Å². The molecule has 1 atom stereocenters. The number of nitrogens with zero attached hydrogens (tertiary/aromatic N) is 2. The maximum absolute atomic E-state index is 13.3. The number of aromatic amines is 1. The van der Waals surface area contributed by atoms with Crippen molar-refractivity contribution in [3.05, 3.63) is 82.0 Å². The topological polar surface area (TPSA) is 92.4 Å². The minimum Gasteiger partial charge on any atom is -0.459 e. The molecule has 0 aliphatic heterocycles. The monoisotopic (exact) mass is 414 g/mol. The van der Waals surface area contributed by atoms with Gasteiger partial charge in [-0.1, -0.05) is 44.2 Å². The molecule has 3 heterocycles. The third kappa shape index (κ3) is 3.01. The van der Waals surface area contributed by atoms with Crippen molar-refractivity contribution < 1.29 is 9.21 Å². The molecule has 2 N–H and O–H groups in total. The van der Waals surface area contributed by atoms with E-state index in [0.29, 0.717) is 22.1 Å². The minimum absolute atomic E-state index is 0.0879. The van der Waals surface area contributed by atoms with Crippen LogP contribution in [0.4, 0.5) is 0 Å². The number of nitrogens with one attached hydrogen (secondary N) is 2. The summed E-state index contributed by atoms with van der Waals surface area (Å²) in [6, 6.07) is 14.7. The van der Waals surface area contributed by atoms with Crippen LogP contribution < -0.4 is 10.9 Å². The lowest BCUT2D eigenvalue weighted by Crippen LogP contribution is -2.32. The largest absolute Gasteiger partial charge is 0.459 e. The lowest BCUT2D eigenvalue weighted by Gasteiger charge is -2.21. The first kappa shape index (κ1) is 19.1. The summed E-state index contributed by atoms with van der Waals surface area (Å²) in [5, 5.41) is 8.99. The molecule has 0 aliphatic rings. The van der Waals surface area contributed by atoms with Gasteiger partial charge in [0, 0.05) is 10.9 Å². The third-order valence-electron chi connectivity index (χ3n) is 5.74. The van der Waals surface area contributed by atoms with E-state index in [0.717, 1.165) is 22.3 Å². The number of carbonyl (C=O) groups is 1. The van der Waals surface area contributed by atoms with Crippen LogP contribution >= 0.6 is 0 Å². The van der Waals surface area contributed by atoms with Gasteiger partial charge in [0.25, 0.3) is 11.5 Å². The van der Waals surface area contributed by atoms with Gasteiger partial charge in [-0.25, -0.2) is 4.52 Å². The van der Waals surface area contributed by atoms with Crippen LogP contribution in [0.15, 0.2) is 63.9 Å². The van der Waals surface area contributed by atoms with E-state index in [1.807, 2.05) is 51.1 Å². The number of amides is 1. The highest BCUT2D eigenvalue weighted by Gasteiger charge is 2.27. The first-order valence-electron chi connectivity index (χ1n) is 10.2. The highest BCUT2D eigenvalue weighted by molar-refractivity contribution is 6.01. The fourth-order valence-corrected chi connectivity index (χ4v) is 4.09. The van der Waals surface area contributed by atoms with E-state index in [4.69, 9.17) is 4.42 Å². The molecule has 7 nitrogen and oxygen atoms in total. The molecule has 31 heavy (non-hydrogen) atoms. The van der Waals surface area contributed by atoms with Gasteiger partial charge in [0.1, 0.15) is 22.6 Å². The van der Waals surface area contributed by atoms with Crippen molar-refractivity contribution in [2.24, 2.45) is 5.92 Å². The molecule has 2 aromatic carbocycles. The number of para-hydroxylation sites is 2. The zero-order chi connectivity index (χ0) is 21.7. The van der Waals surface area contributed by atoms with Crippen molar-refractivity contribution in [3.8, 4) is 0 Å². The number of fused-ring (bicyclic) bond motifs is 4. The fourth-order valence-electron chi connectivity index (χ4n) is 4.09. The molecule has 0 fully saturated rings. The second-order valence-corrected chi connectivity index (χ2v) is 8.07. The van der Waals surface area contributed by atoms with Crippen molar-refractivity contribution in [2.45, 2.75) is 26.8 Å². The van der Waals surface area contributed by atoms with Crippen LogP contribution in [0.2, 0.25) is 0 Å². The lowest BCUT2D eigenvalue weighted by molar-refractivity contribution is 0.0920. The van der Waals surface area contributed by atoms with Gasteiger partial charge < -0.3 is 14.7 Å². The van der Waals surface area contributed by atoms with E-state index in [2.05, 4.69) is 15.4 Å². The molecule has 156 valence electrons. The smallest absolute Gasteiger partial charge is 0.259 e. The molecular formula is C24H22N4O3. The van der Waals surface area contributed by atoms with E-state index < -0.39 is 0 Å². The van der Waals surface area contributed by atoms with Crippen molar-refractivity contribution >= 4 is 33.4 Å². The van der Waals surface area contributed by atoms with E-state index in [1.54, 1.807) is 22.7 Å². The molecule has 3 aromatic heterocycles. The summed E-state index contributed by atoms with van der Waals surface area (Å²) >= 11 is 0. The van der Waals surface area contributed by atoms with Crippen LogP contribution in [0.3, 0.4) is 0 Å². The molecule has 7 heteroatoms. The Hall–Kier alpha value is -3.87. The molecule has 1 unspecified atom stereocenters. The quantitative estimate of drug-likeness (QED) is 0.457. The van der Waals surface area contributed by atoms with Crippen LogP contribution in [0.5, 0.6) is 0 Å². The Bertz CT molecular complexity index is 1510. The fraction of sp³-hybridized carbons (Fsp3) is 0.208. The van der Waals surface area contributed by atoms with Crippen molar-refractivity contribution in [1.82, 2.24) is 19.9 Å². The van der Waals surface area contributed by atoms with Crippen molar-refractivity contribution in [3.63, 3.8) is 0 Å². The van der Waals surface area contributed by atoms with Crippen LogP contribution in [0.1, 0.15) is 41.6 Å². The van der Waals surface area contributed by atoms with Gasteiger partial charge in [0.2, 0.25) is 0 Å². The number of furan rings is 1. The molecule has 0 saturated heterocycles. The number of hydrogen-bond acceptors (Lipinski definition) is 4. The Morgan fingerprint density at radius 1 is 1.10 bits per heavy atom. The van der Waals surface area contributed by atoms with E-state index in [9.17, 15) is 9.59 Å². The van der Waals surface area contributed by atoms with E-state index in [1.165, 1.54) is 6.20 Å². The van der Waals surface area contributed by atoms with Crippen LogP contribution in [-0.2, 0) is 0 Å². The number of benzene rings is 2. The van der Waals surface area contributed by atoms with E-state index in [-0.39, 0.29) is 23.4 Å². The predicted molar refractivity (Wildman–Crippen MR) is 119 cm³/mol. The number of rotatable bonds is 4. The van der Waals surface area contributed by atoms with Crippen LogP contribution in [-0.4, -0.2) is 20.5 Å². The maximum Gasteiger partial charge on any atom is 0.259 e. The summed E-state index contributed by atoms with van der Waals surface area (Å²) in [4.78, 5) is 28.6. The lowest BCUT2D eigenvalue weighted by atomic mass is 9.98. The first-order chi connectivity index (χ1) is 15.0. The van der Waals surface area contributed by atoms with Crippen LogP contribution in [0.25, 0.3) is 27.5 Å². The van der Waals surface area contributed by atoms with Gasteiger partial charge in [-0.2, -0.15) is 5.10 Å². The summed E-state index contributed by atoms with van der Waals surface area (Å²) in [6.45, 7) is 6.06. The molecule has 5 aromatic rings. The summed E-state index contributed by atoms with van der Waals surface area (Å²) in [7, 11) is 0. The molecule has 1 amide bonds. The summed E-state index contributed by atoms with van der Waals surface area (Å²) in [5.41, 5.74) is 2.86. The normalized spacial score (nSPS) is 12.8. The Morgan fingerprint density at radius 2 is 1.81 bits per heavy atom. The Labute approximate surface area is 177 Å². The van der Waals surface area contributed by atoms with Crippen molar-refractivity contribution in [1.29, 1.82) is 0 Å². The zero-order valence-corrected chi connectivity index (χ0v) is 17.5. The van der Waals surface area contributed by atoms with Gasteiger partial charge in [-0.15, -0.1) is 0 Å². The molecular weight excluding hydrogens is 392 g/mol. The zero-order valence-electron chi connectivity index (χ0n) is 17.5. The number of hydrogen-bond donors (Lipinski definition) is 2. The molecule has 5 rings (SSSR count). The Morgan fingerprint density at radius 3 is 2.55 bits per heavy atom. The van der Waals surface area contributed by atoms with Gasteiger partial charge in [-0.05, 0) is 31.0 Å². The summed E-state index contributed by atoms with van der Waals surface area (Å²) < 4.78 is 7.70. The molecule has 0 aliphatic carbocycles. The van der Waals surface area contributed by atoms with Gasteiger partial charge >= 0.3 is 0 Å². The number of aryl methyl sites for hydroxylation is 1. The first-order valence-corrected chi connectivity index (χ1v) is 10.2. The van der Waals surface area contributed by atoms with Crippen molar-refractivity contribution in [2.75, 3.05) is 0 Å². The number of aromatic nitrogens is 3. The van der Waals surface area contributed by atoms with Crippen LogP contribution in [0, 0.1) is 12.8 Å². The number of carbonyl (C=O) groups excluding carboxylic acids is 1. The second kappa shape index (κ2) is 7.12. The predicted octanol–water partition coefficient (Wildman–Crippen LogP) is 4.36. The Balaban J connectivity index is 1.57. The Kier molecular flexibility index (Phi) is 4.39. The third-order valence-corrected chi connectivity index (χ3v) is 5.74. The average molecular weight is 414 g/mol.